The molecule has 0 aliphatic carbocycles. The second kappa shape index (κ2) is 8.38. The number of alkyl halides is 3. The average molecular weight is 537 g/mol. The summed E-state index contributed by atoms with van der Waals surface area (Å²) in [6.45, 7) is 1.36. The number of cyclic esters (lactones) is 1. The van der Waals surface area contributed by atoms with Crippen LogP contribution in [0.1, 0.15) is 35.6 Å². The van der Waals surface area contributed by atoms with Gasteiger partial charge in [0.25, 0.3) is 11.2 Å². The fraction of sp³-hybridized carbons (Fsp3) is 0.222. The van der Waals surface area contributed by atoms with Gasteiger partial charge in [-0.2, -0.15) is 13.2 Å². The van der Waals surface area contributed by atoms with Gasteiger partial charge in [0.1, 0.15) is 12.4 Å². The van der Waals surface area contributed by atoms with Crippen molar-refractivity contribution in [2.75, 3.05) is 0 Å². The Kier molecular flexibility index (Phi) is 5.28. The molecule has 2 aliphatic rings. The lowest BCUT2D eigenvalue weighted by molar-refractivity contribution is -0.383. The summed E-state index contributed by atoms with van der Waals surface area (Å²) in [6, 6.07) is 11.8. The molecule has 0 radical (unpaired) electrons. The van der Waals surface area contributed by atoms with Crippen molar-refractivity contribution in [3.05, 3.63) is 97.3 Å². The Morgan fingerprint density at radius 3 is 2.64 bits per heavy atom. The number of carbonyl (C=O) groups excluding carboxylic acids is 1. The van der Waals surface area contributed by atoms with Crippen molar-refractivity contribution in [3.63, 3.8) is 0 Å². The van der Waals surface area contributed by atoms with E-state index in [-0.39, 0.29) is 42.1 Å². The second-order valence-electron chi connectivity index (χ2n) is 9.29. The largest absolute Gasteiger partial charge is 0.471 e. The number of non-ortho nitro benzene ring substituents is 1. The molecule has 0 bridgehead atoms. The lowest BCUT2D eigenvalue weighted by Crippen LogP contribution is -2.48. The first-order valence-electron chi connectivity index (χ1n) is 11.9. The van der Waals surface area contributed by atoms with Crippen LogP contribution >= 0.6 is 0 Å². The Morgan fingerprint density at radius 1 is 1.15 bits per heavy atom. The number of halogens is 3. The number of fused-ring (bicyclic) bond motifs is 5. The minimum absolute atomic E-state index is 0.0395. The summed E-state index contributed by atoms with van der Waals surface area (Å²) in [7, 11) is 0. The summed E-state index contributed by atoms with van der Waals surface area (Å²) in [5.74, 6) is -1.05. The molecule has 0 saturated carbocycles. The molecule has 2 aliphatic heterocycles. The number of aromatic nitrogens is 2. The van der Waals surface area contributed by atoms with E-state index in [9.17, 15) is 32.9 Å². The van der Waals surface area contributed by atoms with Crippen LogP contribution in [0, 0.1) is 10.1 Å². The number of esters is 1. The van der Waals surface area contributed by atoms with Gasteiger partial charge in [-0.1, -0.05) is 19.1 Å². The van der Waals surface area contributed by atoms with Crippen LogP contribution in [0.4, 0.5) is 18.9 Å². The number of carbonyl (C=O) groups is 1. The van der Waals surface area contributed by atoms with E-state index in [1.807, 2.05) is 0 Å². The van der Waals surface area contributed by atoms with E-state index in [0.717, 1.165) is 12.1 Å². The van der Waals surface area contributed by atoms with E-state index in [4.69, 9.17) is 9.47 Å². The molecule has 2 aromatic heterocycles. The highest BCUT2D eigenvalue weighted by atomic mass is 19.4. The van der Waals surface area contributed by atoms with Gasteiger partial charge in [-0.3, -0.25) is 14.9 Å². The SMILES string of the molecule is CC[C@@]1(Oc2cccc(C(F)(F)F)c2)C(=O)OCc2c1cc1n(c2=O)Cc2cc3c([N+](=O)[O-])cccc3nc2-1. The van der Waals surface area contributed by atoms with Crippen LogP contribution < -0.4 is 10.3 Å². The molecule has 1 atom stereocenters. The van der Waals surface area contributed by atoms with E-state index in [1.165, 1.54) is 28.8 Å². The van der Waals surface area contributed by atoms with Gasteiger partial charge in [-0.25, -0.2) is 9.78 Å². The molecule has 0 spiro atoms. The van der Waals surface area contributed by atoms with Gasteiger partial charge in [0.2, 0.25) is 5.60 Å². The molecule has 12 heteroatoms. The molecular formula is C27H18F3N3O6. The molecule has 198 valence electrons. The quantitative estimate of drug-likeness (QED) is 0.178. The van der Waals surface area contributed by atoms with Crippen molar-refractivity contribution in [2.45, 2.75) is 38.3 Å². The molecule has 2 aromatic carbocycles. The van der Waals surface area contributed by atoms with Crippen molar-refractivity contribution in [3.8, 4) is 17.1 Å². The van der Waals surface area contributed by atoms with E-state index in [2.05, 4.69) is 4.98 Å². The fourth-order valence-corrected chi connectivity index (χ4v) is 5.24. The Balaban J connectivity index is 1.53. The summed E-state index contributed by atoms with van der Waals surface area (Å²) in [5.41, 5.74) is -1.42. The van der Waals surface area contributed by atoms with Crippen LogP contribution in [0.15, 0.2) is 59.4 Å². The third kappa shape index (κ3) is 3.66. The monoisotopic (exact) mass is 537 g/mol. The van der Waals surface area contributed by atoms with Crippen LogP contribution in [0.5, 0.6) is 5.75 Å². The van der Waals surface area contributed by atoms with Crippen molar-refractivity contribution in [2.24, 2.45) is 0 Å². The molecule has 0 saturated heterocycles. The van der Waals surface area contributed by atoms with E-state index in [1.54, 1.807) is 25.1 Å². The maximum Gasteiger partial charge on any atom is 0.416 e. The third-order valence-corrected chi connectivity index (χ3v) is 7.15. The van der Waals surface area contributed by atoms with Crippen LogP contribution in [-0.4, -0.2) is 20.4 Å². The molecule has 9 nitrogen and oxygen atoms in total. The summed E-state index contributed by atoms with van der Waals surface area (Å²) in [4.78, 5) is 42.4. The molecule has 6 rings (SSSR count). The van der Waals surface area contributed by atoms with Gasteiger partial charge in [0, 0.05) is 17.2 Å². The summed E-state index contributed by atoms with van der Waals surface area (Å²) in [5, 5.41) is 11.8. The van der Waals surface area contributed by atoms with Gasteiger partial charge in [0.15, 0.2) is 0 Å². The van der Waals surface area contributed by atoms with Crippen LogP contribution in [0.2, 0.25) is 0 Å². The van der Waals surface area contributed by atoms with Crippen LogP contribution in [-0.2, 0) is 34.5 Å². The lowest BCUT2D eigenvalue weighted by atomic mass is 9.85. The molecule has 0 fully saturated rings. The molecular weight excluding hydrogens is 519 g/mol. The maximum absolute atomic E-state index is 13.6. The predicted molar refractivity (Wildman–Crippen MR) is 131 cm³/mol. The maximum atomic E-state index is 13.6. The molecule has 39 heavy (non-hydrogen) atoms. The number of pyridine rings is 2. The Labute approximate surface area is 217 Å². The van der Waals surface area contributed by atoms with Gasteiger partial charge in [0.05, 0.1) is 44.9 Å². The number of nitro groups is 1. The molecule has 0 N–H and O–H groups in total. The first-order chi connectivity index (χ1) is 18.5. The van der Waals surface area contributed by atoms with Crippen molar-refractivity contribution >= 4 is 22.6 Å². The summed E-state index contributed by atoms with van der Waals surface area (Å²) < 4.78 is 52.7. The number of hydrogen-bond acceptors (Lipinski definition) is 7. The highest BCUT2D eigenvalue weighted by Gasteiger charge is 2.49. The first-order valence-corrected chi connectivity index (χ1v) is 11.9. The van der Waals surface area contributed by atoms with E-state index in [0.29, 0.717) is 27.9 Å². The van der Waals surface area contributed by atoms with Crippen molar-refractivity contribution < 1.29 is 32.4 Å². The van der Waals surface area contributed by atoms with Gasteiger partial charge in [-0.05, 0) is 42.8 Å². The minimum Gasteiger partial charge on any atom is -0.471 e. The predicted octanol–water partition coefficient (Wildman–Crippen LogP) is 5.09. The lowest BCUT2D eigenvalue weighted by Gasteiger charge is -2.36. The number of nitro benzene ring substituents is 1. The van der Waals surface area contributed by atoms with Crippen LogP contribution in [0.3, 0.4) is 0 Å². The zero-order valence-electron chi connectivity index (χ0n) is 20.2. The van der Waals surface area contributed by atoms with E-state index >= 15 is 0 Å². The Morgan fingerprint density at radius 2 is 1.92 bits per heavy atom. The van der Waals surface area contributed by atoms with Crippen molar-refractivity contribution in [1.82, 2.24) is 9.55 Å². The normalized spacial score (nSPS) is 17.8. The van der Waals surface area contributed by atoms with Crippen molar-refractivity contribution in [1.29, 1.82) is 0 Å². The Hall–Kier alpha value is -4.74. The number of benzene rings is 2. The fourth-order valence-electron chi connectivity index (χ4n) is 5.24. The smallest absolute Gasteiger partial charge is 0.416 e. The summed E-state index contributed by atoms with van der Waals surface area (Å²) in [6.07, 6.45) is -4.67. The third-order valence-electron chi connectivity index (χ3n) is 7.15. The zero-order valence-corrected chi connectivity index (χ0v) is 20.2. The van der Waals surface area contributed by atoms with Gasteiger partial charge >= 0.3 is 12.1 Å². The molecule has 0 unspecified atom stereocenters. The van der Waals surface area contributed by atoms with E-state index < -0.39 is 33.8 Å². The van der Waals surface area contributed by atoms with Gasteiger partial charge in [-0.15, -0.1) is 0 Å². The highest BCUT2D eigenvalue weighted by molar-refractivity contribution is 5.91. The average Bonchev–Trinajstić information content (AvgIpc) is 3.26. The minimum atomic E-state index is -4.63. The number of nitrogens with zero attached hydrogens (tertiary/aromatic N) is 3. The Bertz CT molecular complexity index is 1780. The molecule has 0 amide bonds. The second-order valence-corrected chi connectivity index (χ2v) is 9.29. The topological polar surface area (TPSA) is 114 Å². The number of hydrogen-bond donors (Lipinski definition) is 0. The number of rotatable bonds is 4. The standard InChI is InChI=1S/C27H18F3N3O6/c1-2-26(39-16-6-3-5-15(10-16)27(28,29)30)19-11-22-23-14(12-32(22)24(34)18(19)13-38-25(26)35)9-17-20(31-23)7-4-8-21(17)33(36)37/h3-11H,2,12-13H2,1H3/t26-/m0/s1. The first kappa shape index (κ1) is 24.6. The van der Waals surface area contributed by atoms with Gasteiger partial charge < -0.3 is 14.0 Å². The number of ether oxygens (including phenoxy) is 2. The molecule has 4 aromatic rings. The zero-order chi connectivity index (χ0) is 27.7. The highest BCUT2D eigenvalue weighted by Crippen LogP contribution is 2.42. The summed E-state index contributed by atoms with van der Waals surface area (Å²) >= 11 is 0. The molecule has 4 heterocycles. The van der Waals surface area contributed by atoms with Crippen LogP contribution in [0.25, 0.3) is 22.3 Å².